The predicted molar refractivity (Wildman–Crippen MR) is 112 cm³/mol. The number of thiophene rings is 1. The summed E-state index contributed by atoms with van der Waals surface area (Å²) >= 11 is 3.00. The van der Waals surface area contributed by atoms with Crippen LogP contribution >= 0.6 is 23.1 Å². The van der Waals surface area contributed by atoms with Gasteiger partial charge in [-0.15, -0.1) is 11.3 Å². The highest BCUT2D eigenvalue weighted by molar-refractivity contribution is 7.99. The van der Waals surface area contributed by atoms with Crippen molar-refractivity contribution < 1.29 is 4.79 Å². The number of hydrogen-bond acceptors (Lipinski definition) is 5. The lowest BCUT2D eigenvalue weighted by molar-refractivity contribution is -0.119. The van der Waals surface area contributed by atoms with Crippen molar-refractivity contribution in [2.24, 2.45) is 0 Å². The van der Waals surface area contributed by atoms with Crippen molar-refractivity contribution in [1.29, 1.82) is 0 Å². The molecule has 1 amide bonds. The average Bonchev–Trinajstić information content (AvgIpc) is 3.37. The van der Waals surface area contributed by atoms with Crippen LogP contribution in [0.2, 0.25) is 0 Å². The molecule has 2 aromatic heterocycles. The molecule has 2 aromatic rings. The summed E-state index contributed by atoms with van der Waals surface area (Å²) in [4.78, 5) is 32.5. The third-order valence-electron chi connectivity index (χ3n) is 5.95. The number of fused-ring (bicyclic) bond motifs is 1. The number of nitrogens with one attached hydrogen (secondary N) is 1. The normalized spacial score (nSPS) is 18.6. The van der Waals surface area contributed by atoms with Crippen LogP contribution in [0.3, 0.4) is 0 Å². The quantitative estimate of drug-likeness (QED) is 0.594. The van der Waals surface area contributed by atoms with Gasteiger partial charge in [0, 0.05) is 17.0 Å². The van der Waals surface area contributed by atoms with Crippen molar-refractivity contribution in [1.82, 2.24) is 14.9 Å². The van der Waals surface area contributed by atoms with Gasteiger partial charge in [0.25, 0.3) is 5.56 Å². The van der Waals surface area contributed by atoms with Crippen molar-refractivity contribution >= 4 is 39.2 Å². The topological polar surface area (TPSA) is 64.0 Å². The molecule has 7 heteroatoms. The van der Waals surface area contributed by atoms with E-state index in [0.717, 1.165) is 59.2 Å². The lowest BCUT2D eigenvalue weighted by Crippen LogP contribution is -2.34. The minimum atomic E-state index is 0.0535. The highest BCUT2D eigenvalue weighted by Gasteiger charge is 2.25. The van der Waals surface area contributed by atoms with Crippen molar-refractivity contribution in [3.8, 4) is 0 Å². The van der Waals surface area contributed by atoms with Crippen molar-refractivity contribution in [2.75, 3.05) is 5.75 Å². The second-order valence-corrected chi connectivity index (χ2v) is 9.95. The Hall–Kier alpha value is -1.34. The largest absolute Gasteiger partial charge is 0.353 e. The van der Waals surface area contributed by atoms with Gasteiger partial charge in [-0.2, -0.15) is 0 Å². The molecule has 0 bridgehead atoms. The Morgan fingerprint density at radius 1 is 1.19 bits per heavy atom. The van der Waals surface area contributed by atoms with Gasteiger partial charge in [-0.3, -0.25) is 14.2 Å². The second kappa shape index (κ2) is 7.95. The number of aromatic nitrogens is 2. The van der Waals surface area contributed by atoms with Crippen LogP contribution in [0.25, 0.3) is 10.2 Å². The van der Waals surface area contributed by atoms with Crippen LogP contribution < -0.4 is 10.9 Å². The van der Waals surface area contributed by atoms with E-state index in [2.05, 4.69) is 5.32 Å². The van der Waals surface area contributed by atoms with E-state index < -0.39 is 0 Å². The molecule has 2 aliphatic rings. The van der Waals surface area contributed by atoms with Crippen LogP contribution in [0.4, 0.5) is 0 Å². The fourth-order valence-electron chi connectivity index (χ4n) is 4.34. The first kappa shape index (κ1) is 19.0. The summed E-state index contributed by atoms with van der Waals surface area (Å²) in [6.45, 7) is 4.06. The number of thioether (sulfide) groups is 1. The Labute approximate surface area is 167 Å². The molecule has 4 rings (SSSR count). The standard InChI is InChI=1S/C20H27N3O2S2/c1-12-13(2)27-18-17(12)19(25)23(15-9-5-6-10-15)20(22-18)26-11-16(24)21-14-7-3-4-8-14/h14-15H,3-11H2,1-2H3,(H,21,24). The molecule has 2 aliphatic carbocycles. The molecule has 0 saturated heterocycles. The molecule has 146 valence electrons. The maximum Gasteiger partial charge on any atom is 0.263 e. The van der Waals surface area contributed by atoms with E-state index >= 15 is 0 Å². The van der Waals surface area contributed by atoms with Crippen molar-refractivity contribution in [2.45, 2.75) is 82.5 Å². The second-order valence-electron chi connectivity index (χ2n) is 7.81. The number of rotatable bonds is 5. The summed E-state index contributed by atoms with van der Waals surface area (Å²) in [6, 6.07) is 0.544. The first-order valence-electron chi connectivity index (χ1n) is 9.99. The van der Waals surface area contributed by atoms with Gasteiger partial charge in [-0.25, -0.2) is 4.98 Å². The molecular formula is C20H27N3O2S2. The van der Waals surface area contributed by atoms with Crippen LogP contribution in [0.5, 0.6) is 0 Å². The number of hydrogen-bond donors (Lipinski definition) is 1. The van der Waals surface area contributed by atoms with Gasteiger partial charge in [0.1, 0.15) is 4.83 Å². The number of carbonyl (C=O) groups is 1. The minimum absolute atomic E-state index is 0.0535. The molecule has 0 aliphatic heterocycles. The third-order valence-corrected chi connectivity index (χ3v) is 8.00. The lowest BCUT2D eigenvalue weighted by atomic mass is 10.2. The summed E-state index contributed by atoms with van der Waals surface area (Å²) in [5.41, 5.74) is 1.13. The monoisotopic (exact) mass is 405 g/mol. The van der Waals surface area contributed by atoms with E-state index in [1.165, 1.54) is 24.6 Å². The molecule has 2 heterocycles. The zero-order valence-electron chi connectivity index (χ0n) is 16.0. The van der Waals surface area contributed by atoms with Crippen LogP contribution in [0, 0.1) is 13.8 Å². The highest BCUT2D eigenvalue weighted by atomic mass is 32.2. The van der Waals surface area contributed by atoms with E-state index in [9.17, 15) is 9.59 Å². The lowest BCUT2D eigenvalue weighted by Gasteiger charge is -2.18. The number of aryl methyl sites for hydroxylation is 2. The van der Waals surface area contributed by atoms with Crippen LogP contribution in [-0.4, -0.2) is 27.3 Å². The summed E-state index contributed by atoms with van der Waals surface area (Å²) in [5.74, 6) is 0.377. The van der Waals surface area contributed by atoms with Gasteiger partial charge >= 0.3 is 0 Å². The van der Waals surface area contributed by atoms with Crippen LogP contribution in [0.15, 0.2) is 9.95 Å². The number of nitrogens with zero attached hydrogens (tertiary/aromatic N) is 2. The highest BCUT2D eigenvalue weighted by Crippen LogP contribution is 2.34. The van der Waals surface area contributed by atoms with Crippen LogP contribution in [0.1, 0.15) is 67.8 Å². The average molecular weight is 406 g/mol. The van der Waals surface area contributed by atoms with Gasteiger partial charge in [-0.05, 0) is 45.1 Å². The molecule has 1 N–H and O–H groups in total. The summed E-state index contributed by atoms with van der Waals surface area (Å²) in [7, 11) is 0. The number of amides is 1. The van der Waals surface area contributed by atoms with Crippen molar-refractivity contribution in [3.05, 3.63) is 20.8 Å². The van der Waals surface area contributed by atoms with Crippen molar-refractivity contribution in [3.63, 3.8) is 0 Å². The summed E-state index contributed by atoms with van der Waals surface area (Å²) < 4.78 is 1.89. The van der Waals surface area contributed by atoms with E-state index in [-0.39, 0.29) is 17.5 Å². The maximum atomic E-state index is 13.3. The first-order chi connectivity index (χ1) is 13.0. The molecule has 2 fully saturated rings. The molecule has 0 radical (unpaired) electrons. The molecule has 5 nitrogen and oxygen atoms in total. The van der Waals surface area contributed by atoms with Gasteiger partial charge < -0.3 is 5.32 Å². The Morgan fingerprint density at radius 3 is 2.56 bits per heavy atom. The Morgan fingerprint density at radius 2 is 1.85 bits per heavy atom. The van der Waals surface area contributed by atoms with Gasteiger partial charge in [0.2, 0.25) is 5.91 Å². The summed E-state index contributed by atoms with van der Waals surface area (Å²) in [6.07, 6.45) is 8.94. The SMILES string of the molecule is Cc1sc2nc(SCC(=O)NC3CCCC3)n(C3CCCC3)c(=O)c2c1C. The van der Waals surface area contributed by atoms with Gasteiger partial charge in [-0.1, -0.05) is 37.4 Å². The van der Waals surface area contributed by atoms with E-state index in [0.29, 0.717) is 17.0 Å². The maximum absolute atomic E-state index is 13.3. The zero-order chi connectivity index (χ0) is 19.0. The van der Waals surface area contributed by atoms with E-state index in [4.69, 9.17) is 4.98 Å². The Bertz CT molecular complexity index is 906. The molecule has 0 aromatic carbocycles. The van der Waals surface area contributed by atoms with Crippen LogP contribution in [-0.2, 0) is 4.79 Å². The smallest absolute Gasteiger partial charge is 0.263 e. The molecular weight excluding hydrogens is 378 g/mol. The summed E-state index contributed by atoms with van der Waals surface area (Å²) in [5, 5.41) is 4.61. The molecule has 27 heavy (non-hydrogen) atoms. The number of carbonyl (C=O) groups excluding carboxylic acids is 1. The molecule has 0 spiro atoms. The fourth-order valence-corrected chi connectivity index (χ4v) is 6.29. The molecule has 0 atom stereocenters. The Kier molecular flexibility index (Phi) is 5.60. The zero-order valence-corrected chi connectivity index (χ0v) is 17.7. The van der Waals surface area contributed by atoms with Gasteiger partial charge in [0.15, 0.2) is 5.16 Å². The third kappa shape index (κ3) is 3.81. The van der Waals surface area contributed by atoms with E-state index in [1.54, 1.807) is 11.3 Å². The predicted octanol–water partition coefficient (Wildman–Crippen LogP) is 4.34. The van der Waals surface area contributed by atoms with Gasteiger partial charge in [0.05, 0.1) is 11.1 Å². The minimum Gasteiger partial charge on any atom is -0.353 e. The Balaban J connectivity index is 1.62. The van der Waals surface area contributed by atoms with E-state index in [1.807, 2.05) is 18.4 Å². The molecule has 0 unspecified atom stereocenters. The molecule has 2 saturated carbocycles. The fraction of sp³-hybridized carbons (Fsp3) is 0.650. The first-order valence-corrected chi connectivity index (χ1v) is 11.8.